The molecule has 1 aromatic rings. The van der Waals surface area contributed by atoms with Gasteiger partial charge in [-0.2, -0.15) is 0 Å². The number of hydrogen-bond donors (Lipinski definition) is 1. The summed E-state index contributed by atoms with van der Waals surface area (Å²) < 4.78 is 5.70. The van der Waals surface area contributed by atoms with Gasteiger partial charge in [0.25, 0.3) is 0 Å². The molecule has 1 aliphatic rings. The molecule has 1 N–H and O–H groups in total. The van der Waals surface area contributed by atoms with Crippen LogP contribution in [0.5, 0.6) is 5.75 Å². The number of hydrogen-bond acceptors (Lipinski definition) is 3. The van der Waals surface area contributed by atoms with Gasteiger partial charge in [-0.1, -0.05) is 24.0 Å². The van der Waals surface area contributed by atoms with E-state index in [0.717, 1.165) is 44.0 Å². The highest BCUT2D eigenvalue weighted by Gasteiger charge is 2.06. The van der Waals surface area contributed by atoms with Crippen molar-refractivity contribution >= 4 is 0 Å². The minimum atomic E-state index is 0.469. The molecule has 0 unspecified atom stereocenters. The monoisotopic (exact) mass is 258 g/mol. The van der Waals surface area contributed by atoms with Crippen molar-refractivity contribution in [3.8, 4) is 17.6 Å². The Hall–Kier alpha value is -1.50. The first-order valence-electron chi connectivity index (χ1n) is 6.84. The average Bonchev–Trinajstić information content (AvgIpc) is 2.43. The second kappa shape index (κ2) is 7.18. The van der Waals surface area contributed by atoms with E-state index in [9.17, 15) is 0 Å². The van der Waals surface area contributed by atoms with Crippen LogP contribution in [-0.2, 0) is 0 Å². The summed E-state index contributed by atoms with van der Waals surface area (Å²) in [4.78, 5) is 2.36. The predicted octanol–water partition coefficient (Wildman–Crippen LogP) is 1.59. The quantitative estimate of drug-likeness (QED) is 0.833. The zero-order valence-corrected chi connectivity index (χ0v) is 11.8. The number of rotatable bonds is 3. The summed E-state index contributed by atoms with van der Waals surface area (Å²) in [7, 11) is 0. The van der Waals surface area contributed by atoms with Gasteiger partial charge >= 0.3 is 0 Å². The SMILES string of the molecule is Cc1ccc(C)c(OCC#CCN2CCNCC2)c1. The fraction of sp³-hybridized carbons (Fsp3) is 0.500. The van der Waals surface area contributed by atoms with Crippen LogP contribution in [0.2, 0.25) is 0 Å². The fourth-order valence-corrected chi connectivity index (χ4v) is 2.06. The van der Waals surface area contributed by atoms with Gasteiger partial charge in [-0.3, -0.25) is 4.90 Å². The lowest BCUT2D eigenvalue weighted by molar-refractivity contribution is 0.268. The highest BCUT2D eigenvalue weighted by atomic mass is 16.5. The lowest BCUT2D eigenvalue weighted by Crippen LogP contribution is -2.43. The van der Waals surface area contributed by atoms with Crippen LogP contribution >= 0.6 is 0 Å². The zero-order chi connectivity index (χ0) is 13.5. The third-order valence-corrected chi connectivity index (χ3v) is 3.28. The summed E-state index contributed by atoms with van der Waals surface area (Å²) in [6, 6.07) is 6.24. The van der Waals surface area contributed by atoms with Gasteiger partial charge in [0.1, 0.15) is 12.4 Å². The molecular formula is C16H22N2O. The molecule has 0 atom stereocenters. The van der Waals surface area contributed by atoms with Crippen LogP contribution in [0, 0.1) is 25.7 Å². The third-order valence-electron chi connectivity index (χ3n) is 3.28. The Morgan fingerprint density at radius 2 is 2.00 bits per heavy atom. The molecule has 0 spiro atoms. The number of ether oxygens (including phenoxy) is 1. The van der Waals surface area contributed by atoms with Gasteiger partial charge in [0.2, 0.25) is 0 Å². The molecular weight excluding hydrogens is 236 g/mol. The number of piperazine rings is 1. The first-order valence-corrected chi connectivity index (χ1v) is 6.84. The molecule has 1 fully saturated rings. The molecule has 2 rings (SSSR count). The van der Waals surface area contributed by atoms with E-state index in [-0.39, 0.29) is 0 Å². The Bertz CT molecular complexity index is 467. The summed E-state index contributed by atoms with van der Waals surface area (Å²) in [5, 5.41) is 3.33. The summed E-state index contributed by atoms with van der Waals surface area (Å²) in [5.41, 5.74) is 2.38. The topological polar surface area (TPSA) is 24.5 Å². The Morgan fingerprint density at radius 1 is 1.21 bits per heavy atom. The van der Waals surface area contributed by atoms with E-state index in [1.54, 1.807) is 0 Å². The Morgan fingerprint density at radius 3 is 2.79 bits per heavy atom. The van der Waals surface area contributed by atoms with Gasteiger partial charge in [-0.15, -0.1) is 0 Å². The van der Waals surface area contributed by atoms with Crippen molar-refractivity contribution in [1.82, 2.24) is 10.2 Å². The number of aryl methyl sites for hydroxylation is 2. The van der Waals surface area contributed by atoms with Gasteiger partial charge in [0, 0.05) is 26.2 Å². The first kappa shape index (κ1) is 13.9. The molecule has 3 heteroatoms. The summed E-state index contributed by atoms with van der Waals surface area (Å²) in [6.07, 6.45) is 0. The van der Waals surface area contributed by atoms with Gasteiger partial charge in [-0.05, 0) is 31.0 Å². The smallest absolute Gasteiger partial charge is 0.149 e. The Labute approximate surface area is 115 Å². The molecule has 0 saturated carbocycles. The van der Waals surface area contributed by atoms with E-state index in [4.69, 9.17) is 4.74 Å². The molecule has 1 aliphatic heterocycles. The van der Waals surface area contributed by atoms with Crippen LogP contribution in [0.3, 0.4) is 0 Å². The second-order valence-corrected chi connectivity index (χ2v) is 4.94. The second-order valence-electron chi connectivity index (χ2n) is 4.94. The number of nitrogens with one attached hydrogen (secondary N) is 1. The molecule has 0 bridgehead atoms. The van der Waals surface area contributed by atoms with Crippen molar-refractivity contribution in [2.75, 3.05) is 39.3 Å². The van der Waals surface area contributed by atoms with E-state index in [2.05, 4.69) is 54.1 Å². The maximum Gasteiger partial charge on any atom is 0.149 e. The zero-order valence-electron chi connectivity index (χ0n) is 11.8. The number of benzene rings is 1. The summed E-state index contributed by atoms with van der Waals surface area (Å²) in [6.45, 7) is 9.76. The van der Waals surface area contributed by atoms with E-state index < -0.39 is 0 Å². The van der Waals surface area contributed by atoms with Crippen LogP contribution in [-0.4, -0.2) is 44.2 Å². The molecule has 1 saturated heterocycles. The van der Waals surface area contributed by atoms with Gasteiger partial charge in [0.05, 0.1) is 6.54 Å². The molecule has 102 valence electrons. The third kappa shape index (κ3) is 4.59. The average molecular weight is 258 g/mol. The number of nitrogens with zero attached hydrogens (tertiary/aromatic N) is 1. The summed E-state index contributed by atoms with van der Waals surface area (Å²) >= 11 is 0. The van der Waals surface area contributed by atoms with Crippen molar-refractivity contribution in [1.29, 1.82) is 0 Å². The first-order chi connectivity index (χ1) is 9.25. The van der Waals surface area contributed by atoms with E-state index >= 15 is 0 Å². The van der Waals surface area contributed by atoms with Gasteiger partial charge in [-0.25, -0.2) is 0 Å². The maximum absolute atomic E-state index is 5.70. The Kier molecular flexibility index (Phi) is 5.26. The highest BCUT2D eigenvalue weighted by Crippen LogP contribution is 2.18. The van der Waals surface area contributed by atoms with Crippen molar-refractivity contribution in [3.05, 3.63) is 29.3 Å². The van der Waals surface area contributed by atoms with E-state index in [1.165, 1.54) is 5.56 Å². The van der Waals surface area contributed by atoms with E-state index in [1.807, 2.05) is 0 Å². The van der Waals surface area contributed by atoms with Gasteiger partial charge in [0.15, 0.2) is 0 Å². The van der Waals surface area contributed by atoms with Crippen molar-refractivity contribution in [2.45, 2.75) is 13.8 Å². The van der Waals surface area contributed by atoms with Crippen molar-refractivity contribution < 1.29 is 4.74 Å². The normalized spacial score (nSPS) is 15.7. The molecule has 0 aromatic heterocycles. The van der Waals surface area contributed by atoms with Crippen LogP contribution < -0.4 is 10.1 Å². The van der Waals surface area contributed by atoms with Crippen molar-refractivity contribution in [3.63, 3.8) is 0 Å². The molecule has 1 heterocycles. The molecule has 0 amide bonds. The minimum absolute atomic E-state index is 0.469. The largest absolute Gasteiger partial charge is 0.481 e. The van der Waals surface area contributed by atoms with Crippen LogP contribution in [0.25, 0.3) is 0 Å². The molecule has 0 radical (unpaired) electrons. The van der Waals surface area contributed by atoms with Crippen LogP contribution in [0.15, 0.2) is 18.2 Å². The molecule has 0 aliphatic carbocycles. The van der Waals surface area contributed by atoms with Gasteiger partial charge < -0.3 is 10.1 Å². The molecule has 1 aromatic carbocycles. The van der Waals surface area contributed by atoms with Crippen molar-refractivity contribution in [2.24, 2.45) is 0 Å². The van der Waals surface area contributed by atoms with Crippen LogP contribution in [0.1, 0.15) is 11.1 Å². The lowest BCUT2D eigenvalue weighted by atomic mass is 10.1. The predicted molar refractivity (Wildman–Crippen MR) is 78.5 cm³/mol. The maximum atomic E-state index is 5.70. The van der Waals surface area contributed by atoms with Crippen LogP contribution in [0.4, 0.5) is 0 Å². The fourth-order valence-electron chi connectivity index (χ4n) is 2.06. The molecule has 3 nitrogen and oxygen atoms in total. The van der Waals surface area contributed by atoms with E-state index in [0.29, 0.717) is 6.61 Å². The molecule has 19 heavy (non-hydrogen) atoms. The summed E-state index contributed by atoms with van der Waals surface area (Å²) in [5.74, 6) is 7.22. The minimum Gasteiger partial charge on any atom is -0.481 e. The Balaban J connectivity index is 1.75. The standard InChI is InChI=1S/C16H22N2O/c1-14-5-6-15(2)16(13-14)19-12-4-3-9-18-10-7-17-8-11-18/h5-6,13,17H,7-12H2,1-2H3. The highest BCUT2D eigenvalue weighted by molar-refractivity contribution is 5.36. The lowest BCUT2D eigenvalue weighted by Gasteiger charge is -2.24.